The van der Waals surface area contributed by atoms with Gasteiger partial charge in [-0.25, -0.2) is 8.42 Å². The number of rotatable bonds is 5. The molecule has 0 amide bonds. The quantitative estimate of drug-likeness (QED) is 0.267. The van der Waals surface area contributed by atoms with Gasteiger partial charge in [0.25, 0.3) is 10.0 Å². The normalized spacial score (nSPS) is 12.3. The summed E-state index contributed by atoms with van der Waals surface area (Å²) in [6.45, 7) is 1.76. The fraction of sp³-hybridized carbons (Fsp3) is 0.0667. The molecule has 0 fully saturated rings. The Bertz CT molecular complexity index is 1130. The summed E-state index contributed by atoms with van der Waals surface area (Å²) in [5.41, 5.74) is 13.2. The van der Waals surface area contributed by atoms with Gasteiger partial charge in [-0.05, 0) is 53.2 Å². The number of nitrogens with zero attached hydrogens (tertiary/aromatic N) is 2. The van der Waals surface area contributed by atoms with Crippen LogP contribution in [0.5, 0.6) is 0 Å². The van der Waals surface area contributed by atoms with Gasteiger partial charge in [-0.3, -0.25) is 4.72 Å². The first-order valence-corrected chi connectivity index (χ1v) is 10.4. The molecule has 0 saturated carbocycles. The van der Waals surface area contributed by atoms with Crippen molar-refractivity contribution in [2.45, 2.75) is 11.1 Å². The average molecular weight is 455 g/mol. The fourth-order valence-electron chi connectivity index (χ4n) is 2.32. The number of hydrogen-bond donors (Lipinski definition) is 4. The Morgan fingerprint density at radius 3 is 2.65 bits per heavy atom. The molecule has 8 nitrogen and oxygen atoms in total. The number of thiophene rings is 1. The SMILES string of the molecule is C/C(=N/N=C(N)N)c1c[nH]c2ccc(NS(=O)(=O)c3ccc(Br)s3)cc12. The number of aromatic nitrogens is 1. The molecule has 0 unspecified atom stereocenters. The first-order valence-electron chi connectivity index (χ1n) is 7.29. The lowest BCUT2D eigenvalue weighted by Gasteiger charge is -2.07. The fourth-order valence-corrected chi connectivity index (χ4v) is 5.38. The van der Waals surface area contributed by atoms with Gasteiger partial charge in [-0.1, -0.05) is 0 Å². The molecule has 0 bridgehead atoms. The minimum Gasteiger partial charge on any atom is -0.369 e. The van der Waals surface area contributed by atoms with Crippen LogP contribution in [0, 0.1) is 0 Å². The molecule has 0 atom stereocenters. The second-order valence-electron chi connectivity index (χ2n) is 5.34. The zero-order valence-electron chi connectivity index (χ0n) is 13.5. The molecule has 26 heavy (non-hydrogen) atoms. The molecule has 0 radical (unpaired) electrons. The lowest BCUT2D eigenvalue weighted by molar-refractivity contribution is 0.603. The standard InChI is InChI=1S/C15H15BrN6O2S2/c1-8(20-21-15(17)18)11-7-19-12-3-2-9(6-10(11)12)22-26(23,24)14-5-4-13(16)25-14/h2-7,19,22H,1H3,(H4,17,18,21)/b20-8-. The Hall–Kier alpha value is -2.37. The van der Waals surface area contributed by atoms with E-state index in [1.165, 1.54) is 0 Å². The Morgan fingerprint density at radius 2 is 2.00 bits per heavy atom. The van der Waals surface area contributed by atoms with Crippen molar-refractivity contribution >= 4 is 65.6 Å². The Labute approximate surface area is 162 Å². The van der Waals surface area contributed by atoms with Crippen molar-refractivity contribution in [1.82, 2.24) is 4.98 Å². The maximum absolute atomic E-state index is 12.5. The third-order valence-corrected chi connectivity index (χ3v) is 6.95. The van der Waals surface area contributed by atoms with Crippen LogP contribution in [0.2, 0.25) is 0 Å². The molecule has 1 aromatic carbocycles. The van der Waals surface area contributed by atoms with Crippen LogP contribution in [0.4, 0.5) is 5.69 Å². The minimum atomic E-state index is -3.66. The van der Waals surface area contributed by atoms with E-state index in [4.69, 9.17) is 11.5 Å². The van der Waals surface area contributed by atoms with E-state index in [-0.39, 0.29) is 10.2 Å². The molecule has 0 aliphatic rings. The second-order valence-corrected chi connectivity index (χ2v) is 9.71. The van der Waals surface area contributed by atoms with Gasteiger partial charge in [0.05, 0.1) is 9.50 Å². The predicted octanol–water partition coefficient (Wildman–Crippen LogP) is 2.79. The van der Waals surface area contributed by atoms with E-state index in [0.29, 0.717) is 11.4 Å². The highest BCUT2D eigenvalue weighted by Crippen LogP contribution is 2.29. The smallest absolute Gasteiger partial charge is 0.271 e. The summed E-state index contributed by atoms with van der Waals surface area (Å²) < 4.78 is 28.5. The molecule has 2 heterocycles. The van der Waals surface area contributed by atoms with Crippen LogP contribution in [0.15, 0.2) is 54.7 Å². The van der Waals surface area contributed by atoms with Crippen molar-refractivity contribution in [3.63, 3.8) is 0 Å². The largest absolute Gasteiger partial charge is 0.369 e. The number of anilines is 1. The number of benzene rings is 1. The van der Waals surface area contributed by atoms with E-state index in [2.05, 4.69) is 35.8 Å². The van der Waals surface area contributed by atoms with Crippen LogP contribution in [0.25, 0.3) is 10.9 Å². The minimum absolute atomic E-state index is 0.139. The average Bonchev–Trinajstić information content (AvgIpc) is 3.18. The van der Waals surface area contributed by atoms with Crippen molar-refractivity contribution in [2.24, 2.45) is 21.7 Å². The van der Waals surface area contributed by atoms with Crippen LogP contribution >= 0.6 is 27.3 Å². The third-order valence-electron chi connectivity index (χ3n) is 3.45. The summed E-state index contributed by atoms with van der Waals surface area (Å²) >= 11 is 4.41. The number of fused-ring (bicyclic) bond motifs is 1. The molecule has 3 rings (SSSR count). The van der Waals surface area contributed by atoms with Gasteiger partial charge in [0.1, 0.15) is 4.21 Å². The highest BCUT2D eigenvalue weighted by Gasteiger charge is 2.17. The Kier molecular flexibility index (Phi) is 5.03. The van der Waals surface area contributed by atoms with Crippen molar-refractivity contribution < 1.29 is 8.42 Å². The van der Waals surface area contributed by atoms with Crippen LogP contribution in [0.1, 0.15) is 12.5 Å². The van der Waals surface area contributed by atoms with Crippen LogP contribution in [-0.2, 0) is 10.0 Å². The summed E-state index contributed by atoms with van der Waals surface area (Å²) in [5, 5.41) is 8.40. The second kappa shape index (κ2) is 7.09. The van der Waals surface area contributed by atoms with Gasteiger partial charge in [0.15, 0.2) is 0 Å². The van der Waals surface area contributed by atoms with Gasteiger partial charge in [-0.15, -0.1) is 16.4 Å². The Balaban J connectivity index is 1.98. The number of guanidine groups is 1. The van der Waals surface area contributed by atoms with Gasteiger partial charge >= 0.3 is 0 Å². The highest BCUT2D eigenvalue weighted by molar-refractivity contribution is 9.11. The topological polar surface area (TPSA) is 139 Å². The van der Waals surface area contributed by atoms with Crippen molar-refractivity contribution in [1.29, 1.82) is 0 Å². The molecule has 6 N–H and O–H groups in total. The van der Waals surface area contributed by atoms with E-state index >= 15 is 0 Å². The van der Waals surface area contributed by atoms with E-state index in [0.717, 1.165) is 31.6 Å². The van der Waals surface area contributed by atoms with E-state index in [9.17, 15) is 8.42 Å². The molecule has 11 heteroatoms. The predicted molar refractivity (Wildman–Crippen MR) is 109 cm³/mol. The summed E-state index contributed by atoms with van der Waals surface area (Å²) in [6, 6.07) is 8.44. The molecule has 2 aromatic heterocycles. The number of halogens is 1. The first kappa shape index (κ1) is 18.4. The lowest BCUT2D eigenvalue weighted by atomic mass is 10.1. The number of sulfonamides is 1. The van der Waals surface area contributed by atoms with Crippen molar-refractivity contribution in [2.75, 3.05) is 4.72 Å². The molecule has 0 aliphatic carbocycles. The first-order chi connectivity index (χ1) is 12.3. The summed E-state index contributed by atoms with van der Waals surface area (Å²) in [5.74, 6) is -0.139. The van der Waals surface area contributed by atoms with E-state index in [1.807, 2.05) is 0 Å². The zero-order chi connectivity index (χ0) is 18.9. The van der Waals surface area contributed by atoms with Crippen molar-refractivity contribution in [3.05, 3.63) is 45.9 Å². The Morgan fingerprint density at radius 1 is 1.23 bits per heavy atom. The van der Waals surface area contributed by atoms with Gasteiger partial charge in [0.2, 0.25) is 5.96 Å². The number of hydrogen-bond acceptors (Lipinski definition) is 5. The summed E-state index contributed by atoms with van der Waals surface area (Å²) in [4.78, 5) is 3.11. The molecule has 136 valence electrons. The monoisotopic (exact) mass is 454 g/mol. The molecule has 3 aromatic rings. The zero-order valence-corrected chi connectivity index (χ0v) is 16.7. The van der Waals surface area contributed by atoms with E-state index in [1.54, 1.807) is 43.5 Å². The third kappa shape index (κ3) is 3.89. The number of aromatic amines is 1. The number of nitrogens with two attached hydrogens (primary N) is 2. The summed E-state index contributed by atoms with van der Waals surface area (Å²) in [7, 11) is -3.66. The highest BCUT2D eigenvalue weighted by atomic mass is 79.9. The maximum atomic E-state index is 12.5. The number of H-pyrrole nitrogens is 1. The molecule has 0 spiro atoms. The van der Waals surface area contributed by atoms with Gasteiger partial charge < -0.3 is 16.5 Å². The molecular weight excluding hydrogens is 440 g/mol. The van der Waals surface area contributed by atoms with Gasteiger partial charge in [0, 0.05) is 28.4 Å². The van der Waals surface area contributed by atoms with Crippen LogP contribution in [0.3, 0.4) is 0 Å². The molecule has 0 saturated heterocycles. The van der Waals surface area contributed by atoms with Crippen LogP contribution in [-0.4, -0.2) is 25.1 Å². The maximum Gasteiger partial charge on any atom is 0.271 e. The number of nitrogens with one attached hydrogen (secondary N) is 2. The molecule has 0 aliphatic heterocycles. The van der Waals surface area contributed by atoms with Crippen LogP contribution < -0.4 is 16.2 Å². The van der Waals surface area contributed by atoms with Gasteiger partial charge in [-0.2, -0.15) is 5.10 Å². The molecular formula is C15H15BrN6O2S2. The summed E-state index contributed by atoms with van der Waals surface area (Å²) in [6.07, 6.45) is 1.76. The van der Waals surface area contributed by atoms with E-state index < -0.39 is 10.0 Å². The lowest BCUT2D eigenvalue weighted by Crippen LogP contribution is -2.22. The van der Waals surface area contributed by atoms with Crippen molar-refractivity contribution in [3.8, 4) is 0 Å².